The summed E-state index contributed by atoms with van der Waals surface area (Å²) in [6.45, 7) is 0. The molecule has 18 heavy (non-hydrogen) atoms. The highest BCUT2D eigenvalue weighted by molar-refractivity contribution is 7.07. The number of rotatable bonds is 3. The molecule has 0 aliphatic carbocycles. The molecule has 0 saturated heterocycles. The van der Waals surface area contributed by atoms with Crippen LogP contribution in [0.3, 0.4) is 0 Å². The van der Waals surface area contributed by atoms with Crippen molar-refractivity contribution in [2.45, 2.75) is 0 Å². The zero-order valence-corrected chi connectivity index (χ0v) is 9.70. The molecule has 1 heterocycles. The fraction of sp³-hybridized carbons (Fsp3) is 0. The summed E-state index contributed by atoms with van der Waals surface area (Å²) < 4.78 is 13.3. The number of benzene rings is 1. The van der Waals surface area contributed by atoms with Crippen LogP contribution in [-0.4, -0.2) is 22.0 Å². The second-order valence-corrected chi connectivity index (χ2v) is 4.05. The zero-order valence-electron chi connectivity index (χ0n) is 8.88. The zero-order chi connectivity index (χ0) is 13.1. The maximum absolute atomic E-state index is 13.3. The van der Waals surface area contributed by atoms with Crippen LogP contribution in [0.1, 0.15) is 20.8 Å². The highest BCUT2D eigenvalue weighted by Gasteiger charge is 2.12. The number of nitrogens with zero attached hydrogens (tertiary/aromatic N) is 1. The van der Waals surface area contributed by atoms with E-state index in [1.165, 1.54) is 22.9 Å². The van der Waals surface area contributed by atoms with Crippen molar-refractivity contribution in [3.8, 4) is 0 Å². The van der Waals surface area contributed by atoms with Crippen LogP contribution in [0, 0.1) is 5.82 Å². The number of carbonyl (C=O) groups is 2. The molecule has 0 aliphatic heterocycles. The van der Waals surface area contributed by atoms with Crippen molar-refractivity contribution < 1.29 is 19.1 Å². The number of anilines is 1. The largest absolute Gasteiger partial charge is 0.478 e. The number of carboxylic acids is 1. The molecule has 0 bridgehead atoms. The highest BCUT2D eigenvalue weighted by Crippen LogP contribution is 2.15. The SMILES string of the molecule is O=C(Nc1ccc(C(=O)O)c(F)c1)c1cscn1. The van der Waals surface area contributed by atoms with Crippen molar-refractivity contribution in [1.82, 2.24) is 4.98 Å². The first kappa shape index (κ1) is 12.2. The molecule has 0 spiro atoms. The van der Waals surface area contributed by atoms with E-state index in [-0.39, 0.29) is 11.4 Å². The van der Waals surface area contributed by atoms with Gasteiger partial charge in [0, 0.05) is 11.1 Å². The Morgan fingerprint density at radius 2 is 2.17 bits per heavy atom. The van der Waals surface area contributed by atoms with Gasteiger partial charge in [0.05, 0.1) is 11.1 Å². The molecule has 0 unspecified atom stereocenters. The Labute approximate surface area is 105 Å². The van der Waals surface area contributed by atoms with Crippen molar-refractivity contribution >= 4 is 28.9 Å². The molecular weight excluding hydrogens is 259 g/mol. The van der Waals surface area contributed by atoms with E-state index in [0.29, 0.717) is 0 Å². The highest BCUT2D eigenvalue weighted by atomic mass is 32.1. The van der Waals surface area contributed by atoms with Crippen molar-refractivity contribution in [1.29, 1.82) is 0 Å². The van der Waals surface area contributed by atoms with Crippen LogP contribution in [0.2, 0.25) is 0 Å². The van der Waals surface area contributed by atoms with Crippen LogP contribution < -0.4 is 5.32 Å². The number of nitrogens with one attached hydrogen (secondary N) is 1. The number of hydrogen-bond donors (Lipinski definition) is 2. The lowest BCUT2D eigenvalue weighted by Crippen LogP contribution is -2.12. The third-order valence-electron chi connectivity index (χ3n) is 2.12. The minimum Gasteiger partial charge on any atom is -0.478 e. The number of carbonyl (C=O) groups excluding carboxylic acids is 1. The van der Waals surface area contributed by atoms with Crippen molar-refractivity contribution in [3.05, 3.63) is 46.2 Å². The third kappa shape index (κ3) is 2.51. The van der Waals surface area contributed by atoms with Gasteiger partial charge in [-0.25, -0.2) is 14.2 Å². The maximum Gasteiger partial charge on any atom is 0.338 e. The molecule has 0 fully saturated rings. The van der Waals surface area contributed by atoms with E-state index < -0.39 is 23.3 Å². The Balaban J connectivity index is 2.18. The van der Waals surface area contributed by atoms with Crippen LogP contribution in [0.5, 0.6) is 0 Å². The summed E-state index contributed by atoms with van der Waals surface area (Å²) in [5.74, 6) is -2.73. The number of aromatic carboxylic acids is 1. The van der Waals surface area contributed by atoms with Crippen molar-refractivity contribution in [2.75, 3.05) is 5.32 Å². The van der Waals surface area contributed by atoms with E-state index in [9.17, 15) is 14.0 Å². The lowest BCUT2D eigenvalue weighted by Gasteiger charge is -2.04. The lowest BCUT2D eigenvalue weighted by molar-refractivity contribution is 0.0692. The van der Waals surface area contributed by atoms with Crippen molar-refractivity contribution in [3.63, 3.8) is 0 Å². The summed E-state index contributed by atoms with van der Waals surface area (Å²) >= 11 is 1.26. The molecule has 1 amide bonds. The average molecular weight is 266 g/mol. The fourth-order valence-electron chi connectivity index (χ4n) is 1.29. The second-order valence-electron chi connectivity index (χ2n) is 3.33. The molecule has 1 aromatic heterocycles. The van der Waals surface area contributed by atoms with Crippen LogP contribution in [0.25, 0.3) is 0 Å². The Bertz CT molecular complexity index is 598. The minimum absolute atomic E-state index is 0.176. The molecule has 2 N–H and O–H groups in total. The number of halogens is 1. The van der Waals surface area contributed by atoms with E-state index in [4.69, 9.17) is 5.11 Å². The van der Waals surface area contributed by atoms with Crippen LogP contribution >= 0.6 is 11.3 Å². The first-order valence-corrected chi connectivity index (χ1v) is 5.74. The minimum atomic E-state index is -1.36. The predicted molar refractivity (Wildman–Crippen MR) is 63.4 cm³/mol. The molecule has 0 aliphatic rings. The molecule has 0 radical (unpaired) electrons. The molecule has 1 aromatic carbocycles. The number of aromatic nitrogens is 1. The van der Waals surface area contributed by atoms with Gasteiger partial charge >= 0.3 is 5.97 Å². The van der Waals surface area contributed by atoms with Gasteiger partial charge in [-0.3, -0.25) is 4.79 Å². The number of amides is 1. The molecule has 2 rings (SSSR count). The summed E-state index contributed by atoms with van der Waals surface area (Å²) in [5, 5.41) is 12.6. The Morgan fingerprint density at radius 3 is 2.72 bits per heavy atom. The molecular formula is C11H7FN2O3S. The van der Waals surface area contributed by atoms with Crippen LogP contribution in [0.4, 0.5) is 10.1 Å². The number of thiazole rings is 1. The Morgan fingerprint density at radius 1 is 1.39 bits per heavy atom. The van der Waals surface area contributed by atoms with E-state index in [0.717, 1.165) is 12.1 Å². The van der Waals surface area contributed by atoms with Gasteiger partial charge in [0.25, 0.3) is 5.91 Å². The Kier molecular flexibility index (Phi) is 3.33. The monoisotopic (exact) mass is 266 g/mol. The van der Waals surface area contributed by atoms with Crippen LogP contribution in [0.15, 0.2) is 29.1 Å². The van der Waals surface area contributed by atoms with Gasteiger partial charge < -0.3 is 10.4 Å². The van der Waals surface area contributed by atoms with Gasteiger partial charge in [-0.05, 0) is 18.2 Å². The molecule has 0 atom stereocenters. The summed E-state index contributed by atoms with van der Waals surface area (Å²) in [7, 11) is 0. The van der Waals surface area contributed by atoms with Gasteiger partial charge in [-0.1, -0.05) is 0 Å². The van der Waals surface area contributed by atoms with Crippen molar-refractivity contribution in [2.24, 2.45) is 0 Å². The van der Waals surface area contributed by atoms with E-state index in [2.05, 4.69) is 10.3 Å². The van der Waals surface area contributed by atoms with E-state index in [1.807, 2.05) is 0 Å². The first-order chi connectivity index (χ1) is 8.58. The van der Waals surface area contributed by atoms with E-state index >= 15 is 0 Å². The van der Waals surface area contributed by atoms with Gasteiger partial charge in [-0.2, -0.15) is 0 Å². The summed E-state index contributed by atoms with van der Waals surface area (Å²) in [6, 6.07) is 3.36. The van der Waals surface area contributed by atoms with Gasteiger partial charge in [-0.15, -0.1) is 11.3 Å². The smallest absolute Gasteiger partial charge is 0.338 e. The summed E-state index contributed by atoms with van der Waals surface area (Å²) in [5.41, 5.74) is 1.46. The number of hydrogen-bond acceptors (Lipinski definition) is 4. The first-order valence-electron chi connectivity index (χ1n) is 4.80. The van der Waals surface area contributed by atoms with E-state index in [1.54, 1.807) is 5.38 Å². The van der Waals surface area contributed by atoms with Gasteiger partial charge in [0.15, 0.2) is 0 Å². The summed E-state index contributed by atoms with van der Waals surface area (Å²) in [6.07, 6.45) is 0. The fourth-order valence-corrected chi connectivity index (χ4v) is 1.82. The maximum atomic E-state index is 13.3. The van der Waals surface area contributed by atoms with Gasteiger partial charge in [0.1, 0.15) is 11.5 Å². The molecule has 92 valence electrons. The molecule has 0 saturated carbocycles. The van der Waals surface area contributed by atoms with Gasteiger partial charge in [0.2, 0.25) is 0 Å². The predicted octanol–water partition coefficient (Wildman–Crippen LogP) is 2.23. The standard InChI is InChI=1S/C11H7FN2O3S/c12-8-3-6(1-2-7(8)11(16)17)14-10(15)9-4-18-5-13-9/h1-5H,(H,14,15)(H,16,17). The number of carboxylic acid groups (broad SMARTS) is 1. The molecule has 2 aromatic rings. The summed E-state index contributed by atoms with van der Waals surface area (Å²) in [4.78, 5) is 26.0. The Hall–Kier alpha value is -2.28. The van der Waals surface area contributed by atoms with Crippen LogP contribution in [-0.2, 0) is 0 Å². The third-order valence-corrected chi connectivity index (χ3v) is 2.71. The normalized spacial score (nSPS) is 10.1. The second kappa shape index (κ2) is 4.92. The quantitative estimate of drug-likeness (QED) is 0.892. The molecule has 7 heteroatoms. The molecule has 5 nitrogen and oxygen atoms in total. The average Bonchev–Trinajstić information content (AvgIpc) is 2.81. The lowest BCUT2D eigenvalue weighted by atomic mass is 10.2. The topological polar surface area (TPSA) is 79.3 Å².